The Kier molecular flexibility index (Phi) is 10.2. The van der Waals surface area contributed by atoms with E-state index in [0.717, 1.165) is 34.8 Å². The molecule has 0 bridgehead atoms. The Morgan fingerprint density at radius 1 is 0.857 bits per heavy atom. The van der Waals surface area contributed by atoms with Crippen molar-refractivity contribution < 1.29 is 4.74 Å². The van der Waals surface area contributed by atoms with E-state index in [2.05, 4.69) is 89.5 Å². The van der Waals surface area contributed by atoms with Crippen molar-refractivity contribution in [3.8, 4) is 6.07 Å². The number of nitrogens with zero attached hydrogens (tertiary/aromatic N) is 3. The highest BCUT2D eigenvalue weighted by Crippen LogP contribution is 2.36. The van der Waals surface area contributed by atoms with Crippen LogP contribution in [0.25, 0.3) is 10.9 Å². The van der Waals surface area contributed by atoms with Crippen molar-refractivity contribution in [1.82, 2.24) is 0 Å². The van der Waals surface area contributed by atoms with Crippen LogP contribution < -0.4 is 4.90 Å². The lowest BCUT2D eigenvalue weighted by Gasteiger charge is -2.26. The van der Waals surface area contributed by atoms with Crippen LogP contribution in [0.15, 0.2) is 120 Å². The van der Waals surface area contributed by atoms with Gasteiger partial charge < -0.3 is 9.64 Å². The highest BCUT2D eigenvalue weighted by atomic mass is 16.5. The number of nitriles is 1. The van der Waals surface area contributed by atoms with E-state index >= 15 is 0 Å². The van der Waals surface area contributed by atoms with Crippen LogP contribution in [0.4, 0.5) is 17.1 Å². The molecule has 4 rings (SSSR count). The van der Waals surface area contributed by atoms with E-state index in [0.29, 0.717) is 11.3 Å². The minimum absolute atomic E-state index is 0.0563. The Hall–Kier alpha value is -4.80. The van der Waals surface area contributed by atoms with Crippen molar-refractivity contribution in [2.24, 2.45) is 5.41 Å². The quantitative estimate of drug-likeness (QED) is 0.142. The largest absolute Gasteiger partial charge is 0.461 e. The summed E-state index contributed by atoms with van der Waals surface area (Å²) >= 11 is 0. The Balaban J connectivity index is 1.57. The fourth-order valence-corrected chi connectivity index (χ4v) is 4.77. The van der Waals surface area contributed by atoms with Crippen molar-refractivity contribution in [1.29, 1.82) is 5.26 Å². The number of hydrogen-bond donors (Lipinski definition) is 0. The second-order valence-corrected chi connectivity index (χ2v) is 11.5. The van der Waals surface area contributed by atoms with Gasteiger partial charge in [-0.05, 0) is 84.2 Å². The molecule has 3 aromatic rings. The predicted molar refractivity (Wildman–Crippen MR) is 174 cm³/mol. The van der Waals surface area contributed by atoms with Gasteiger partial charge in [0.05, 0.1) is 12.6 Å². The van der Waals surface area contributed by atoms with E-state index in [1.807, 2.05) is 45.1 Å². The maximum absolute atomic E-state index is 9.42. The summed E-state index contributed by atoms with van der Waals surface area (Å²) in [5.41, 5.74) is 6.05. The number of unbranched alkanes of at least 4 members (excludes halogenated alkanes) is 3. The molecule has 1 aliphatic rings. The first kappa shape index (κ1) is 30.2. The molecule has 4 nitrogen and oxygen atoms in total. The first-order chi connectivity index (χ1) is 20.3. The van der Waals surface area contributed by atoms with Gasteiger partial charge in [-0.3, -0.25) is 0 Å². The van der Waals surface area contributed by atoms with Gasteiger partial charge in [-0.15, -0.1) is 0 Å². The van der Waals surface area contributed by atoms with Gasteiger partial charge in [-0.2, -0.15) is 0 Å². The van der Waals surface area contributed by atoms with Crippen LogP contribution in [-0.4, -0.2) is 0 Å². The molecule has 0 aliphatic carbocycles. The van der Waals surface area contributed by atoms with Crippen molar-refractivity contribution in [2.45, 2.75) is 59.8 Å². The molecule has 0 saturated carbocycles. The standard InChI is InChI=1S/C38H39N3O/c1-6-7-8-10-13-29-16-21-33(22-17-29)41(32-14-11-9-12-15-32)34-23-18-30(19-24-34)20-25-35-26-31(36(28-39)40-5)27-37(42-35)38(2,3)4/h9,11-12,14-27H,6-8,10,13H2,1-4H3. The highest BCUT2D eigenvalue weighted by molar-refractivity contribution is 5.77. The predicted octanol–water partition coefficient (Wildman–Crippen LogP) is 10.8. The number of allylic oxidation sites excluding steroid dienone is 6. The third-order valence-electron chi connectivity index (χ3n) is 7.16. The van der Waals surface area contributed by atoms with Gasteiger partial charge in [0.1, 0.15) is 11.5 Å². The van der Waals surface area contributed by atoms with E-state index in [9.17, 15) is 5.26 Å². The minimum atomic E-state index is -0.267. The van der Waals surface area contributed by atoms with E-state index in [4.69, 9.17) is 11.3 Å². The molecule has 0 aromatic heterocycles. The van der Waals surface area contributed by atoms with Gasteiger partial charge in [0.15, 0.2) is 0 Å². The highest BCUT2D eigenvalue weighted by Gasteiger charge is 2.24. The molecule has 1 aliphatic heterocycles. The van der Waals surface area contributed by atoms with Crippen LogP contribution in [0.1, 0.15) is 64.5 Å². The zero-order valence-corrected chi connectivity index (χ0v) is 25.1. The average molecular weight is 554 g/mol. The van der Waals surface area contributed by atoms with Gasteiger partial charge in [0, 0.05) is 22.5 Å². The summed E-state index contributed by atoms with van der Waals surface area (Å²) in [4.78, 5) is 5.67. The van der Waals surface area contributed by atoms with Gasteiger partial charge >= 0.3 is 0 Å². The van der Waals surface area contributed by atoms with Crippen LogP contribution in [-0.2, 0) is 11.2 Å². The van der Waals surface area contributed by atoms with Crippen molar-refractivity contribution in [3.63, 3.8) is 0 Å². The Morgan fingerprint density at radius 3 is 2.10 bits per heavy atom. The number of ether oxygens (including phenoxy) is 1. The molecule has 0 N–H and O–H groups in total. The smallest absolute Gasteiger partial charge is 0.269 e. The topological polar surface area (TPSA) is 40.6 Å². The zero-order chi connectivity index (χ0) is 30.0. The van der Waals surface area contributed by atoms with Crippen molar-refractivity contribution in [3.05, 3.63) is 142 Å². The summed E-state index contributed by atoms with van der Waals surface area (Å²) in [5, 5.41) is 9.42. The number of benzene rings is 3. The Bertz CT molecular complexity index is 1540. The first-order valence-corrected chi connectivity index (χ1v) is 14.7. The lowest BCUT2D eigenvalue weighted by molar-refractivity contribution is 0.223. The molecule has 0 fully saturated rings. The van der Waals surface area contributed by atoms with Gasteiger partial charge in [0.2, 0.25) is 0 Å². The van der Waals surface area contributed by atoms with Crippen LogP contribution in [0.3, 0.4) is 0 Å². The van der Waals surface area contributed by atoms with Gasteiger partial charge in [-0.25, -0.2) is 10.1 Å². The molecule has 212 valence electrons. The summed E-state index contributed by atoms with van der Waals surface area (Å²) in [7, 11) is 0. The zero-order valence-electron chi connectivity index (χ0n) is 25.1. The molecule has 3 aromatic carbocycles. The van der Waals surface area contributed by atoms with Crippen LogP contribution in [0, 0.1) is 23.3 Å². The van der Waals surface area contributed by atoms with E-state index in [1.54, 1.807) is 12.2 Å². The molecule has 4 heteroatoms. The monoisotopic (exact) mass is 553 g/mol. The summed E-state index contributed by atoms with van der Waals surface area (Å²) in [6.07, 6.45) is 13.6. The molecular weight excluding hydrogens is 514 g/mol. The summed E-state index contributed by atoms with van der Waals surface area (Å²) in [6.45, 7) is 15.8. The molecule has 0 saturated heterocycles. The number of aryl methyl sites for hydroxylation is 1. The lowest BCUT2D eigenvalue weighted by atomic mass is 9.91. The SMILES string of the molecule is [C-]#[N+]C(C#N)=C1C=C(C=Cc2ccc(N(c3ccccc3)c3ccc(CCCCCC)cc3)cc2)OC(C(C)(C)C)=C1. The lowest BCUT2D eigenvalue weighted by Crippen LogP contribution is -2.14. The van der Waals surface area contributed by atoms with E-state index in [-0.39, 0.29) is 11.1 Å². The molecule has 0 unspecified atom stereocenters. The van der Waals surface area contributed by atoms with E-state index < -0.39 is 0 Å². The number of rotatable bonds is 10. The van der Waals surface area contributed by atoms with Crippen LogP contribution >= 0.6 is 0 Å². The average Bonchev–Trinajstić information content (AvgIpc) is 3.00. The first-order valence-electron chi connectivity index (χ1n) is 14.7. The maximum atomic E-state index is 9.42. The normalized spacial score (nSPS) is 14.3. The summed E-state index contributed by atoms with van der Waals surface area (Å²) in [6, 6.07) is 29.8. The number of hydrogen-bond acceptors (Lipinski definition) is 3. The number of anilines is 3. The Morgan fingerprint density at radius 2 is 1.50 bits per heavy atom. The molecule has 0 amide bonds. The Labute approximate surface area is 251 Å². The summed E-state index contributed by atoms with van der Waals surface area (Å²) < 4.78 is 6.15. The van der Waals surface area contributed by atoms with E-state index in [1.165, 1.54) is 31.2 Å². The van der Waals surface area contributed by atoms with Crippen molar-refractivity contribution in [2.75, 3.05) is 4.90 Å². The fourth-order valence-electron chi connectivity index (χ4n) is 4.77. The third kappa shape index (κ3) is 7.90. The van der Waals surface area contributed by atoms with Crippen LogP contribution in [0.5, 0.6) is 0 Å². The minimum Gasteiger partial charge on any atom is -0.461 e. The molecule has 0 atom stereocenters. The number of para-hydroxylation sites is 1. The van der Waals surface area contributed by atoms with Crippen molar-refractivity contribution >= 4 is 23.1 Å². The molecule has 0 radical (unpaired) electrons. The molecule has 1 heterocycles. The maximum Gasteiger partial charge on any atom is 0.269 e. The van der Waals surface area contributed by atoms with Crippen LogP contribution in [0.2, 0.25) is 0 Å². The van der Waals surface area contributed by atoms with Gasteiger partial charge in [-0.1, -0.05) is 95.5 Å². The molecule has 42 heavy (non-hydrogen) atoms. The van der Waals surface area contributed by atoms with Gasteiger partial charge in [0.25, 0.3) is 5.70 Å². The second-order valence-electron chi connectivity index (χ2n) is 11.5. The second kappa shape index (κ2) is 14.2. The fraction of sp³-hybridized carbons (Fsp3) is 0.263. The third-order valence-corrected chi connectivity index (χ3v) is 7.16. The summed E-state index contributed by atoms with van der Waals surface area (Å²) in [5.74, 6) is 1.32. The molecular formula is C38H39N3O. The molecule has 0 spiro atoms.